The van der Waals surface area contributed by atoms with Crippen LogP contribution in [0.3, 0.4) is 0 Å². The van der Waals surface area contributed by atoms with Crippen LogP contribution in [-0.4, -0.2) is 57.1 Å². The van der Waals surface area contributed by atoms with Gasteiger partial charge in [-0.05, 0) is 91.6 Å². The largest absolute Gasteiger partial charge is 0.457 e. The number of hydrogen-bond acceptors (Lipinski definition) is 8. The van der Waals surface area contributed by atoms with Crippen molar-refractivity contribution in [2.45, 2.75) is 90.5 Å². The number of aliphatic hydroxyl groups is 1. The van der Waals surface area contributed by atoms with E-state index in [9.17, 15) is 37.5 Å². The number of esters is 1. The number of benzene rings is 1. The second-order valence-electron chi connectivity index (χ2n) is 14.7. The quantitative estimate of drug-likeness (QED) is 0.159. The summed E-state index contributed by atoms with van der Waals surface area (Å²) in [4.78, 5) is 54.3. The second kappa shape index (κ2) is 13.1. The number of carbonyl (C=O) groups is 4. The standard InChI is InChI=1S/C38H39F5O7S/c1-19-6-8-49-32(19)33(47)50-38(34(48)51-18-29(45)31-22(16-40)10-21(15-39)11-23(31)17-41)20(2)9-25-26-13-28(42)27-12-24(44)5-7-35(27,3)37(26,43)30(46)14-36(25,38)4/h5-8,10-12,20,25-26,28,30,46H,9,13-18H2,1-4H3/t20-,25+,26+,28+,30+,35+,36+,37+,38+/m1/s1. The van der Waals surface area contributed by atoms with E-state index >= 15 is 8.78 Å². The normalized spacial score (nSPS) is 35.5. The molecule has 2 aromatic rings. The van der Waals surface area contributed by atoms with Gasteiger partial charge in [-0.1, -0.05) is 31.7 Å². The molecule has 4 aliphatic rings. The highest BCUT2D eigenvalue weighted by Crippen LogP contribution is 2.72. The molecule has 0 unspecified atom stereocenters. The lowest BCUT2D eigenvalue weighted by atomic mass is 9.44. The Morgan fingerprint density at radius 2 is 1.73 bits per heavy atom. The maximum absolute atomic E-state index is 17.8. The highest BCUT2D eigenvalue weighted by molar-refractivity contribution is 8.14. The van der Waals surface area contributed by atoms with Crippen LogP contribution in [0.2, 0.25) is 0 Å². The number of ether oxygens (including phenoxy) is 1. The number of aryl methyl sites for hydroxylation is 1. The zero-order valence-corrected chi connectivity index (χ0v) is 29.4. The van der Waals surface area contributed by atoms with Crippen LogP contribution in [0.4, 0.5) is 22.0 Å². The highest BCUT2D eigenvalue weighted by Gasteiger charge is 2.78. The van der Waals surface area contributed by atoms with Gasteiger partial charge in [0.25, 0.3) is 0 Å². The Morgan fingerprint density at radius 1 is 1.06 bits per heavy atom. The number of carbonyl (C=O) groups excluding carboxylic acids is 4. The zero-order valence-electron chi connectivity index (χ0n) is 28.6. The summed E-state index contributed by atoms with van der Waals surface area (Å²) >= 11 is 0.451. The number of halogens is 5. The Hall–Kier alpha value is -3.58. The smallest absolute Gasteiger partial charge is 0.375 e. The van der Waals surface area contributed by atoms with Gasteiger partial charge in [0, 0.05) is 33.8 Å². The first kappa shape index (κ1) is 37.2. The molecule has 0 spiro atoms. The Kier molecular flexibility index (Phi) is 9.57. The fourth-order valence-electron chi connectivity index (χ4n) is 9.79. The number of ketones is 2. The average Bonchev–Trinajstić information content (AvgIpc) is 3.63. The van der Waals surface area contributed by atoms with Crippen molar-refractivity contribution >= 4 is 34.4 Å². The minimum Gasteiger partial charge on any atom is -0.457 e. The SMILES string of the molecule is Cc1ccoc1C(=O)O[C@]1(C(=O)SCC(=O)c2c(CF)cc(CF)cc2CF)[C@H](C)C[C@H]2[C@@H]3C[C@H](F)C4=CC(=O)C=C[C@]4(C)[C@@]3(F)[C@@H](O)C[C@@]21C. The highest BCUT2D eigenvalue weighted by atomic mass is 32.2. The fourth-order valence-corrected chi connectivity index (χ4v) is 10.9. The first-order chi connectivity index (χ1) is 24.0. The summed E-state index contributed by atoms with van der Waals surface area (Å²) in [6, 6.07) is 3.75. The maximum atomic E-state index is 17.8. The molecule has 9 atom stereocenters. The van der Waals surface area contributed by atoms with Crippen LogP contribution in [0.1, 0.15) is 83.2 Å². The van der Waals surface area contributed by atoms with Gasteiger partial charge in [0.05, 0.1) is 18.1 Å². The van der Waals surface area contributed by atoms with Gasteiger partial charge in [0.2, 0.25) is 10.9 Å². The van der Waals surface area contributed by atoms with Crippen LogP contribution in [0.25, 0.3) is 0 Å². The first-order valence-corrected chi connectivity index (χ1v) is 17.8. The molecule has 0 radical (unpaired) electrons. The molecular formula is C38H39F5O7S. The van der Waals surface area contributed by atoms with Crippen molar-refractivity contribution in [2.75, 3.05) is 5.75 Å². The lowest BCUT2D eigenvalue weighted by Gasteiger charge is -2.63. The molecule has 0 aliphatic heterocycles. The number of thioether (sulfide) groups is 1. The van der Waals surface area contributed by atoms with E-state index in [-0.39, 0.29) is 40.0 Å². The van der Waals surface area contributed by atoms with E-state index in [2.05, 4.69) is 0 Å². The second-order valence-corrected chi connectivity index (χ2v) is 15.7. The molecule has 3 saturated carbocycles. The summed E-state index contributed by atoms with van der Waals surface area (Å²) in [5.41, 5.74) is -8.27. The van der Waals surface area contributed by atoms with Gasteiger partial charge in [0.1, 0.15) is 26.2 Å². The molecule has 1 aromatic heterocycles. The molecule has 0 saturated heterocycles. The molecule has 274 valence electrons. The lowest BCUT2D eigenvalue weighted by molar-refractivity contribution is -0.221. The van der Waals surface area contributed by atoms with Gasteiger partial charge < -0.3 is 14.3 Å². The number of alkyl halides is 5. The molecule has 1 aromatic carbocycles. The molecule has 7 nitrogen and oxygen atoms in total. The van der Waals surface area contributed by atoms with E-state index in [4.69, 9.17) is 9.15 Å². The number of furan rings is 1. The number of rotatable bonds is 9. The van der Waals surface area contributed by atoms with Crippen molar-refractivity contribution in [3.05, 3.63) is 81.8 Å². The third-order valence-corrected chi connectivity index (χ3v) is 13.2. The van der Waals surface area contributed by atoms with Gasteiger partial charge >= 0.3 is 5.97 Å². The Balaban J connectivity index is 1.41. The summed E-state index contributed by atoms with van der Waals surface area (Å²) in [6.07, 6.45) is 0.470. The summed E-state index contributed by atoms with van der Waals surface area (Å²) in [5, 5.41) is 11.0. The van der Waals surface area contributed by atoms with Gasteiger partial charge in [-0.25, -0.2) is 26.7 Å². The van der Waals surface area contributed by atoms with E-state index in [1.165, 1.54) is 25.3 Å². The lowest BCUT2D eigenvalue weighted by Crippen LogP contribution is -2.70. The van der Waals surface area contributed by atoms with Crippen LogP contribution in [0, 0.1) is 35.5 Å². The van der Waals surface area contributed by atoms with E-state index in [1.54, 1.807) is 20.8 Å². The topological polar surface area (TPSA) is 111 Å². The summed E-state index contributed by atoms with van der Waals surface area (Å²) in [7, 11) is 0. The van der Waals surface area contributed by atoms with Crippen LogP contribution < -0.4 is 0 Å². The number of aliphatic hydroxyl groups excluding tert-OH is 1. The Labute approximate surface area is 296 Å². The Bertz CT molecular complexity index is 1830. The minimum atomic E-state index is -2.47. The van der Waals surface area contributed by atoms with Crippen LogP contribution in [0.15, 0.2) is 52.7 Å². The predicted octanol–water partition coefficient (Wildman–Crippen LogP) is 7.60. The van der Waals surface area contributed by atoms with Crippen LogP contribution in [-0.2, 0) is 34.3 Å². The van der Waals surface area contributed by atoms with E-state index in [1.807, 2.05) is 0 Å². The average molecular weight is 735 g/mol. The molecule has 0 bridgehead atoms. The van der Waals surface area contributed by atoms with Crippen molar-refractivity contribution in [1.29, 1.82) is 0 Å². The van der Waals surface area contributed by atoms with Crippen molar-refractivity contribution in [3.63, 3.8) is 0 Å². The molecule has 1 N–H and O–H groups in total. The maximum Gasteiger partial charge on any atom is 0.375 e. The molecular weight excluding hydrogens is 695 g/mol. The summed E-state index contributed by atoms with van der Waals surface area (Å²) in [6.45, 7) is 2.85. The number of allylic oxidation sites excluding steroid dienone is 4. The van der Waals surface area contributed by atoms with Crippen molar-refractivity contribution in [1.82, 2.24) is 0 Å². The molecule has 1 heterocycles. The molecule has 4 aliphatic carbocycles. The third kappa shape index (κ3) is 5.30. The monoisotopic (exact) mass is 734 g/mol. The van der Waals surface area contributed by atoms with E-state index in [0.29, 0.717) is 17.3 Å². The van der Waals surface area contributed by atoms with Crippen molar-refractivity contribution in [2.24, 2.45) is 28.6 Å². The van der Waals surface area contributed by atoms with Gasteiger partial charge in [-0.15, -0.1) is 0 Å². The Morgan fingerprint density at radius 3 is 2.31 bits per heavy atom. The molecule has 6 rings (SSSR count). The van der Waals surface area contributed by atoms with Gasteiger partial charge in [-0.3, -0.25) is 14.4 Å². The summed E-state index contributed by atoms with van der Waals surface area (Å²) < 4.78 is 86.9. The molecule has 3 fully saturated rings. The number of hydrogen-bond donors (Lipinski definition) is 1. The third-order valence-electron chi connectivity index (χ3n) is 12.2. The van der Waals surface area contributed by atoms with Crippen molar-refractivity contribution in [3.8, 4) is 0 Å². The number of fused-ring (bicyclic) bond motifs is 5. The van der Waals surface area contributed by atoms with E-state index < -0.39 is 113 Å². The molecule has 0 amide bonds. The van der Waals surface area contributed by atoms with E-state index in [0.717, 1.165) is 24.3 Å². The van der Waals surface area contributed by atoms with Gasteiger partial charge in [0.15, 0.2) is 22.8 Å². The first-order valence-electron chi connectivity index (χ1n) is 16.8. The predicted molar refractivity (Wildman–Crippen MR) is 177 cm³/mol. The summed E-state index contributed by atoms with van der Waals surface area (Å²) in [5.74, 6) is -6.06. The minimum absolute atomic E-state index is 0.0155. The zero-order chi connectivity index (χ0) is 37.3. The van der Waals surface area contributed by atoms with Crippen LogP contribution >= 0.6 is 11.8 Å². The number of Topliss-reactive ketones (excluding diaryl/α,β-unsaturated/α-hetero) is 1. The van der Waals surface area contributed by atoms with Gasteiger partial charge in [-0.2, -0.15) is 0 Å². The van der Waals surface area contributed by atoms with Crippen molar-refractivity contribution < 1.29 is 55.4 Å². The fraction of sp³-hybridized carbons (Fsp3) is 0.526. The van der Waals surface area contributed by atoms with Crippen LogP contribution in [0.5, 0.6) is 0 Å². The molecule has 13 heteroatoms. The molecule has 51 heavy (non-hydrogen) atoms.